The van der Waals surface area contributed by atoms with Gasteiger partial charge in [0.2, 0.25) is 0 Å². The van der Waals surface area contributed by atoms with Gasteiger partial charge in [-0.25, -0.2) is 23.1 Å². The minimum absolute atomic E-state index is 0.165. The van der Waals surface area contributed by atoms with Gasteiger partial charge in [0.05, 0.1) is 17.1 Å². The van der Waals surface area contributed by atoms with Crippen LogP contribution in [-0.2, 0) is 18.8 Å². The highest BCUT2D eigenvalue weighted by Crippen LogP contribution is 2.40. The molecule has 0 bridgehead atoms. The van der Waals surface area contributed by atoms with Crippen LogP contribution in [0.2, 0.25) is 0 Å². The van der Waals surface area contributed by atoms with E-state index in [0.29, 0.717) is 18.6 Å². The SMILES string of the molecule is C=C1C=CC(c2cc3c(N[C@H](C)c4cccc(C(C)(F)F)c4F)nc(C)nc3c3c2CCC3)=CN1C. The fourth-order valence-electron chi connectivity index (χ4n) is 5.15. The van der Waals surface area contributed by atoms with Crippen molar-refractivity contribution in [2.75, 3.05) is 12.4 Å². The van der Waals surface area contributed by atoms with Crippen LogP contribution in [0, 0.1) is 12.7 Å². The minimum Gasteiger partial charge on any atom is -0.363 e. The van der Waals surface area contributed by atoms with E-state index in [0.717, 1.165) is 53.1 Å². The summed E-state index contributed by atoms with van der Waals surface area (Å²) >= 11 is 0. The molecule has 2 aliphatic rings. The van der Waals surface area contributed by atoms with E-state index in [1.807, 2.05) is 24.9 Å². The Hall–Kier alpha value is -3.61. The first kappa shape index (κ1) is 24.1. The Morgan fingerprint density at radius 2 is 1.89 bits per heavy atom. The number of nitrogens with one attached hydrogen (secondary N) is 1. The molecule has 0 radical (unpaired) electrons. The number of hydrogen-bond acceptors (Lipinski definition) is 4. The lowest BCUT2D eigenvalue weighted by molar-refractivity contribution is 0.0136. The van der Waals surface area contributed by atoms with Crippen molar-refractivity contribution in [3.63, 3.8) is 0 Å². The number of aromatic nitrogens is 2. The molecule has 2 aromatic carbocycles. The van der Waals surface area contributed by atoms with E-state index in [2.05, 4.69) is 35.2 Å². The molecule has 1 atom stereocenters. The third-order valence-corrected chi connectivity index (χ3v) is 7.05. The maximum absolute atomic E-state index is 15.1. The second-order valence-corrected chi connectivity index (χ2v) is 9.73. The number of fused-ring (bicyclic) bond motifs is 3. The summed E-state index contributed by atoms with van der Waals surface area (Å²) in [5, 5.41) is 4.14. The summed E-state index contributed by atoms with van der Waals surface area (Å²) in [6.45, 7) is 8.33. The largest absolute Gasteiger partial charge is 0.363 e. The van der Waals surface area contributed by atoms with Gasteiger partial charge in [-0.2, -0.15) is 0 Å². The third kappa shape index (κ3) is 4.16. The number of rotatable bonds is 5. The quantitative estimate of drug-likeness (QED) is 0.410. The zero-order valence-electron chi connectivity index (χ0n) is 20.9. The van der Waals surface area contributed by atoms with Crippen molar-refractivity contribution in [3.05, 3.63) is 94.4 Å². The van der Waals surface area contributed by atoms with Gasteiger partial charge in [-0.1, -0.05) is 30.9 Å². The number of nitrogens with zero attached hydrogens (tertiary/aromatic N) is 3. The number of likely N-dealkylation sites (N-methyl/N-ethyl adjacent to an activating group) is 1. The Labute approximate surface area is 209 Å². The lowest BCUT2D eigenvalue weighted by atomic mass is 9.93. The zero-order valence-corrected chi connectivity index (χ0v) is 20.9. The van der Waals surface area contributed by atoms with Gasteiger partial charge in [0, 0.05) is 36.8 Å². The summed E-state index contributed by atoms with van der Waals surface area (Å²) < 4.78 is 43.0. The van der Waals surface area contributed by atoms with Crippen molar-refractivity contribution >= 4 is 22.3 Å². The smallest absolute Gasteiger partial charge is 0.273 e. The monoisotopic (exact) mass is 490 g/mol. The zero-order chi connectivity index (χ0) is 25.8. The summed E-state index contributed by atoms with van der Waals surface area (Å²) in [5.41, 5.74) is 6.05. The molecule has 186 valence electrons. The Bertz CT molecular complexity index is 1450. The molecule has 0 fully saturated rings. The molecule has 36 heavy (non-hydrogen) atoms. The van der Waals surface area contributed by atoms with Crippen LogP contribution in [-0.4, -0.2) is 21.9 Å². The normalized spacial score (nSPS) is 16.4. The molecule has 5 rings (SSSR count). The fraction of sp³-hybridized carbons (Fsp3) is 0.310. The van der Waals surface area contributed by atoms with Crippen LogP contribution in [0.5, 0.6) is 0 Å². The van der Waals surface area contributed by atoms with Crippen molar-refractivity contribution in [2.24, 2.45) is 0 Å². The standard InChI is InChI=1S/C29H29F3N4/c1-16-12-13-19(15-36(16)5)23-14-24-27(22-10-6-9-21(22)23)34-18(3)35-28(24)33-17(2)20-8-7-11-25(26(20)30)29(4,31)32/h7-8,11-15,17H,1,6,9-10H2,2-5H3,(H,33,34,35)/t17-/m1/s1. The Morgan fingerprint density at radius 3 is 2.61 bits per heavy atom. The second kappa shape index (κ2) is 8.80. The van der Waals surface area contributed by atoms with Crippen LogP contribution in [0.15, 0.2) is 54.9 Å². The molecule has 0 unspecified atom stereocenters. The first-order valence-corrected chi connectivity index (χ1v) is 12.1. The first-order valence-electron chi connectivity index (χ1n) is 12.1. The molecular weight excluding hydrogens is 461 g/mol. The highest BCUT2D eigenvalue weighted by molar-refractivity contribution is 5.97. The summed E-state index contributed by atoms with van der Waals surface area (Å²) in [6, 6.07) is 5.62. The molecule has 0 saturated carbocycles. The van der Waals surface area contributed by atoms with Crippen molar-refractivity contribution in [2.45, 2.75) is 52.0 Å². The van der Waals surface area contributed by atoms with E-state index in [9.17, 15) is 8.78 Å². The van der Waals surface area contributed by atoms with Gasteiger partial charge in [-0.15, -0.1) is 0 Å². The topological polar surface area (TPSA) is 41.1 Å². The van der Waals surface area contributed by atoms with E-state index in [1.54, 1.807) is 6.92 Å². The van der Waals surface area contributed by atoms with E-state index in [4.69, 9.17) is 4.98 Å². The Kier molecular flexibility index (Phi) is 5.89. The van der Waals surface area contributed by atoms with Crippen LogP contribution < -0.4 is 5.32 Å². The summed E-state index contributed by atoms with van der Waals surface area (Å²) in [7, 11) is 1.97. The number of allylic oxidation sites excluding steroid dienone is 3. The Balaban J connectivity index is 1.63. The van der Waals surface area contributed by atoms with Crippen molar-refractivity contribution in [1.29, 1.82) is 0 Å². The Morgan fingerprint density at radius 1 is 1.14 bits per heavy atom. The van der Waals surface area contributed by atoms with Crippen LogP contribution in [0.3, 0.4) is 0 Å². The molecule has 1 aliphatic heterocycles. The van der Waals surface area contributed by atoms with Gasteiger partial charge >= 0.3 is 0 Å². The molecule has 2 heterocycles. The highest BCUT2D eigenvalue weighted by Gasteiger charge is 2.30. The molecular formula is C29H29F3N4. The highest BCUT2D eigenvalue weighted by atomic mass is 19.3. The number of halogens is 3. The second-order valence-electron chi connectivity index (χ2n) is 9.73. The lowest BCUT2D eigenvalue weighted by Gasteiger charge is -2.23. The number of alkyl halides is 2. The lowest BCUT2D eigenvalue weighted by Crippen LogP contribution is -2.16. The number of benzene rings is 2. The first-order chi connectivity index (χ1) is 17.0. The van der Waals surface area contributed by atoms with Gasteiger partial charge in [0.25, 0.3) is 5.92 Å². The van der Waals surface area contributed by atoms with Gasteiger partial charge < -0.3 is 10.2 Å². The van der Waals surface area contributed by atoms with Crippen LogP contribution in [0.4, 0.5) is 19.0 Å². The van der Waals surface area contributed by atoms with Crippen molar-refractivity contribution < 1.29 is 13.2 Å². The minimum atomic E-state index is -3.27. The summed E-state index contributed by atoms with van der Waals surface area (Å²) in [5.74, 6) is -3.01. The molecule has 1 aliphatic carbocycles. The van der Waals surface area contributed by atoms with Crippen LogP contribution in [0.25, 0.3) is 16.5 Å². The summed E-state index contributed by atoms with van der Waals surface area (Å²) in [6.07, 6.45) is 9.08. The predicted molar refractivity (Wildman–Crippen MR) is 138 cm³/mol. The van der Waals surface area contributed by atoms with Crippen LogP contribution >= 0.6 is 0 Å². The van der Waals surface area contributed by atoms with Gasteiger partial charge in [0.1, 0.15) is 17.5 Å². The van der Waals surface area contributed by atoms with E-state index in [1.165, 1.54) is 23.3 Å². The van der Waals surface area contributed by atoms with Gasteiger partial charge in [-0.3, -0.25) is 0 Å². The molecule has 0 spiro atoms. The molecule has 0 saturated heterocycles. The summed E-state index contributed by atoms with van der Waals surface area (Å²) in [4.78, 5) is 11.4. The van der Waals surface area contributed by atoms with Gasteiger partial charge in [-0.05, 0) is 67.5 Å². The number of anilines is 1. The van der Waals surface area contributed by atoms with E-state index >= 15 is 4.39 Å². The molecule has 4 nitrogen and oxygen atoms in total. The maximum Gasteiger partial charge on any atom is 0.273 e. The molecule has 7 heteroatoms. The van der Waals surface area contributed by atoms with Crippen LogP contribution in [0.1, 0.15) is 60.0 Å². The number of aryl methyl sites for hydroxylation is 2. The predicted octanol–water partition coefficient (Wildman–Crippen LogP) is 7.21. The van der Waals surface area contributed by atoms with Gasteiger partial charge in [0.15, 0.2) is 0 Å². The third-order valence-electron chi connectivity index (χ3n) is 7.05. The average Bonchev–Trinajstić information content (AvgIpc) is 3.30. The maximum atomic E-state index is 15.1. The molecule has 0 amide bonds. The van der Waals surface area contributed by atoms with Crippen molar-refractivity contribution in [1.82, 2.24) is 14.9 Å². The molecule has 3 aromatic rings. The van der Waals surface area contributed by atoms with E-state index in [-0.39, 0.29) is 5.56 Å². The van der Waals surface area contributed by atoms with Crippen molar-refractivity contribution in [3.8, 4) is 0 Å². The average molecular weight is 491 g/mol. The molecule has 1 N–H and O–H groups in total. The molecule has 1 aromatic heterocycles. The van der Waals surface area contributed by atoms with E-state index < -0.39 is 23.3 Å². The number of hydrogen-bond donors (Lipinski definition) is 1. The fourth-order valence-corrected chi connectivity index (χ4v) is 5.15.